The number of hydrogen-bond acceptors (Lipinski definition) is 10. The number of benzene rings is 1. The molecule has 56 heavy (non-hydrogen) atoms. The van der Waals surface area contributed by atoms with Crippen LogP contribution in [0.5, 0.6) is 0 Å². The molecule has 16 heteroatoms. The maximum Gasteiger partial charge on any atom is 0.407 e. The third-order valence-electron chi connectivity index (χ3n) is 10.4. The zero-order valence-electron chi connectivity index (χ0n) is 32.1. The Morgan fingerprint density at radius 3 is 2.09 bits per heavy atom. The Hall–Kier alpha value is -5.48. The molecule has 0 bridgehead atoms. The molecule has 4 atom stereocenters. The van der Waals surface area contributed by atoms with E-state index in [2.05, 4.69) is 60.6 Å². The highest BCUT2D eigenvalue weighted by atomic mass is 32.1. The number of nitrogens with one attached hydrogen (secondary N) is 4. The predicted molar refractivity (Wildman–Crippen MR) is 216 cm³/mol. The van der Waals surface area contributed by atoms with Gasteiger partial charge in [0.2, 0.25) is 11.8 Å². The standard InChI is InChI=1S/C40H46N8O6S2/c1-21(2)31(45-39(51)53-5)37(49)47-15-7-9-29(47)35-41-17-27(43-35)24-13-11-23(12-14-24)25-19-55-34-26(20-56-33(25)34)28-18-42-36(44-28)30-10-8-16-48(30)38(50)32(22(3)4)46-40(52)54-6/h7,9,11-14,17-22,29-32H,8,10,15-16H2,1-6H3,(H,41,43)(H,42,44)(H,45,51)(H,46,52). The molecule has 0 spiro atoms. The number of rotatable bonds is 11. The molecule has 7 rings (SSSR count). The summed E-state index contributed by atoms with van der Waals surface area (Å²) >= 11 is 3.36. The van der Waals surface area contributed by atoms with Gasteiger partial charge in [-0.1, -0.05) is 64.1 Å². The number of aromatic nitrogens is 4. The molecule has 4 amide bonds. The van der Waals surface area contributed by atoms with E-state index in [0.29, 0.717) is 18.9 Å². The number of hydrogen-bond donors (Lipinski definition) is 4. The minimum Gasteiger partial charge on any atom is -0.453 e. The molecule has 294 valence electrons. The maximum absolute atomic E-state index is 13.6. The molecule has 5 aromatic rings. The van der Waals surface area contributed by atoms with Crippen molar-refractivity contribution in [3.8, 4) is 33.6 Å². The minimum absolute atomic E-state index is 0.108. The van der Waals surface area contributed by atoms with Gasteiger partial charge in [0.1, 0.15) is 29.8 Å². The van der Waals surface area contributed by atoms with Crippen LogP contribution in [0.1, 0.15) is 64.3 Å². The van der Waals surface area contributed by atoms with E-state index in [1.807, 2.05) is 50.9 Å². The molecule has 1 saturated heterocycles. The maximum atomic E-state index is 13.6. The summed E-state index contributed by atoms with van der Waals surface area (Å²) in [6.07, 6.45) is 7.93. The van der Waals surface area contributed by atoms with E-state index in [0.717, 1.165) is 57.0 Å². The first kappa shape index (κ1) is 38.8. The first-order valence-electron chi connectivity index (χ1n) is 18.7. The second kappa shape index (κ2) is 16.3. The van der Waals surface area contributed by atoms with Crippen LogP contribution in [0, 0.1) is 11.8 Å². The number of thiophene rings is 2. The molecule has 4 N–H and O–H groups in total. The lowest BCUT2D eigenvalue weighted by Crippen LogP contribution is -2.51. The molecule has 0 aliphatic carbocycles. The summed E-state index contributed by atoms with van der Waals surface area (Å²) in [5.74, 6) is 0.796. The fourth-order valence-electron chi connectivity index (χ4n) is 7.36. The number of methoxy groups -OCH3 is 2. The van der Waals surface area contributed by atoms with Gasteiger partial charge in [-0.15, -0.1) is 22.7 Å². The van der Waals surface area contributed by atoms with Crippen molar-refractivity contribution < 1.29 is 28.7 Å². The third-order valence-corrected chi connectivity index (χ3v) is 12.6. The lowest BCUT2D eigenvalue weighted by molar-refractivity contribution is -0.136. The van der Waals surface area contributed by atoms with Gasteiger partial charge in [0.05, 0.1) is 47.2 Å². The third kappa shape index (κ3) is 7.54. The van der Waals surface area contributed by atoms with Crippen molar-refractivity contribution in [2.75, 3.05) is 27.3 Å². The number of carbonyl (C=O) groups is 4. The largest absolute Gasteiger partial charge is 0.453 e. The van der Waals surface area contributed by atoms with Crippen molar-refractivity contribution in [2.24, 2.45) is 11.8 Å². The molecule has 0 saturated carbocycles. The van der Waals surface area contributed by atoms with Gasteiger partial charge in [-0.25, -0.2) is 19.6 Å². The highest BCUT2D eigenvalue weighted by Gasteiger charge is 2.38. The van der Waals surface area contributed by atoms with Crippen LogP contribution in [0.4, 0.5) is 9.59 Å². The van der Waals surface area contributed by atoms with Crippen LogP contribution in [-0.4, -0.2) is 93.1 Å². The van der Waals surface area contributed by atoms with Gasteiger partial charge in [0.25, 0.3) is 0 Å². The summed E-state index contributed by atoms with van der Waals surface area (Å²) in [6.45, 7) is 8.58. The van der Waals surface area contributed by atoms with E-state index in [1.165, 1.54) is 18.9 Å². The van der Waals surface area contributed by atoms with Gasteiger partial charge in [-0.3, -0.25) is 9.59 Å². The first-order chi connectivity index (χ1) is 27.0. The number of fused-ring (bicyclic) bond motifs is 1. The Kier molecular flexibility index (Phi) is 11.3. The molecule has 1 aromatic carbocycles. The van der Waals surface area contributed by atoms with Crippen molar-refractivity contribution in [2.45, 2.75) is 64.7 Å². The molecule has 1 fully saturated rings. The van der Waals surface area contributed by atoms with Crippen LogP contribution >= 0.6 is 22.7 Å². The van der Waals surface area contributed by atoms with Crippen molar-refractivity contribution in [3.05, 3.63) is 71.2 Å². The van der Waals surface area contributed by atoms with Crippen molar-refractivity contribution in [3.63, 3.8) is 0 Å². The summed E-state index contributed by atoms with van der Waals surface area (Å²) in [5.41, 5.74) is 5.89. The molecule has 4 unspecified atom stereocenters. The lowest BCUT2D eigenvalue weighted by atomic mass is 10.0. The zero-order chi connectivity index (χ0) is 39.7. The number of likely N-dealkylation sites (tertiary alicyclic amines) is 1. The van der Waals surface area contributed by atoms with Gasteiger partial charge in [0.15, 0.2) is 0 Å². The second-order valence-corrected chi connectivity index (χ2v) is 16.4. The summed E-state index contributed by atoms with van der Waals surface area (Å²) in [6, 6.07) is 6.31. The van der Waals surface area contributed by atoms with E-state index in [9.17, 15) is 19.2 Å². The summed E-state index contributed by atoms with van der Waals surface area (Å²) < 4.78 is 11.8. The fourth-order valence-corrected chi connectivity index (χ4v) is 9.79. The number of imidazole rings is 2. The SMILES string of the molecule is COC(=O)NC(C(=O)N1CC=CC1c1ncc(-c2ccc(-c3csc4c(-c5c[nH]c(C6CCCN6C(=O)C(NC(=O)OC)C(C)C)n5)csc34)cc2)[nH]1)C(C)C. The number of ether oxygens (including phenoxy) is 2. The Morgan fingerprint density at radius 1 is 0.839 bits per heavy atom. The van der Waals surface area contributed by atoms with E-state index >= 15 is 0 Å². The topological polar surface area (TPSA) is 175 Å². The van der Waals surface area contributed by atoms with Gasteiger partial charge >= 0.3 is 12.2 Å². The van der Waals surface area contributed by atoms with E-state index < -0.39 is 24.3 Å². The molecule has 2 aliphatic rings. The molecular formula is C40H46N8O6S2. The van der Waals surface area contributed by atoms with Gasteiger partial charge in [-0.2, -0.15) is 0 Å². The van der Waals surface area contributed by atoms with Gasteiger partial charge in [0, 0.05) is 41.2 Å². The Balaban J connectivity index is 1.05. The normalized spacial score (nSPS) is 17.9. The average Bonchev–Trinajstić information content (AvgIpc) is 4.04. The summed E-state index contributed by atoms with van der Waals surface area (Å²) in [4.78, 5) is 71.0. The monoisotopic (exact) mass is 798 g/mol. The Labute approximate surface area is 332 Å². The number of H-pyrrole nitrogens is 2. The zero-order valence-corrected chi connectivity index (χ0v) is 33.8. The minimum atomic E-state index is -0.728. The van der Waals surface area contributed by atoms with Gasteiger partial charge in [-0.05, 0) is 35.8 Å². The number of nitrogens with zero attached hydrogens (tertiary/aromatic N) is 4. The predicted octanol–water partition coefficient (Wildman–Crippen LogP) is 7.27. The highest BCUT2D eigenvalue weighted by molar-refractivity contribution is 7.27. The number of aromatic amines is 2. The van der Waals surface area contributed by atoms with Crippen LogP contribution in [0.25, 0.3) is 43.0 Å². The number of amides is 4. The van der Waals surface area contributed by atoms with E-state index in [-0.39, 0.29) is 35.7 Å². The molecule has 2 aliphatic heterocycles. The molecule has 0 radical (unpaired) electrons. The van der Waals surface area contributed by atoms with Crippen LogP contribution in [0.3, 0.4) is 0 Å². The number of carbonyl (C=O) groups excluding carboxylic acids is 4. The van der Waals surface area contributed by atoms with E-state index in [4.69, 9.17) is 14.5 Å². The molecule has 4 aromatic heterocycles. The molecule has 14 nitrogen and oxygen atoms in total. The fraction of sp³-hybridized carbons (Fsp3) is 0.400. The number of alkyl carbamates (subject to hydrolysis) is 2. The van der Waals surface area contributed by atoms with Crippen molar-refractivity contribution in [1.82, 2.24) is 40.4 Å². The quantitative estimate of drug-likeness (QED) is 0.101. The highest BCUT2D eigenvalue weighted by Crippen LogP contribution is 2.44. The second-order valence-electron chi connectivity index (χ2n) is 14.7. The first-order valence-corrected chi connectivity index (χ1v) is 20.4. The molecular weight excluding hydrogens is 753 g/mol. The van der Waals surface area contributed by atoms with Crippen LogP contribution in [-0.2, 0) is 19.1 Å². The summed E-state index contributed by atoms with van der Waals surface area (Å²) in [7, 11) is 2.57. The van der Waals surface area contributed by atoms with Gasteiger partial charge < -0.3 is 39.9 Å². The average molecular weight is 799 g/mol. The van der Waals surface area contributed by atoms with Crippen molar-refractivity contribution in [1.29, 1.82) is 0 Å². The van der Waals surface area contributed by atoms with E-state index in [1.54, 1.807) is 33.8 Å². The lowest BCUT2D eigenvalue weighted by Gasteiger charge is -2.29. The summed E-state index contributed by atoms with van der Waals surface area (Å²) in [5, 5.41) is 9.69. The van der Waals surface area contributed by atoms with Crippen LogP contribution < -0.4 is 10.6 Å². The van der Waals surface area contributed by atoms with Crippen LogP contribution in [0.15, 0.2) is 59.6 Å². The Bertz CT molecular complexity index is 2250. The van der Waals surface area contributed by atoms with Crippen LogP contribution in [0.2, 0.25) is 0 Å². The molecule has 6 heterocycles. The van der Waals surface area contributed by atoms with Crippen molar-refractivity contribution >= 4 is 56.1 Å². The smallest absolute Gasteiger partial charge is 0.407 e. The Morgan fingerprint density at radius 2 is 1.45 bits per heavy atom.